The number of anilines is 1. The van der Waals surface area contributed by atoms with Crippen LogP contribution >= 0.6 is 0 Å². The Morgan fingerprint density at radius 2 is 1.90 bits per heavy atom. The van der Waals surface area contributed by atoms with Gasteiger partial charge in [0.15, 0.2) is 0 Å². The van der Waals surface area contributed by atoms with Crippen molar-refractivity contribution in [1.29, 1.82) is 0 Å². The second-order valence-corrected chi connectivity index (χ2v) is 7.23. The minimum absolute atomic E-state index is 0.656. The molecule has 2 aliphatic rings. The standard InChI is InChI=1S/C17H23N3/c1-11-7-17(8-11)9-20(10-17)15-6-16-14(5-12(15)2)13(3)18-19(16)4/h5-6,11H,7-10H2,1-4H3. The van der Waals surface area contributed by atoms with Crippen LogP contribution < -0.4 is 4.90 Å². The van der Waals surface area contributed by atoms with Crippen molar-refractivity contribution in [2.24, 2.45) is 18.4 Å². The maximum absolute atomic E-state index is 4.54. The molecule has 3 nitrogen and oxygen atoms in total. The molecule has 20 heavy (non-hydrogen) atoms. The molecule has 0 N–H and O–H groups in total. The number of aryl methyl sites for hydroxylation is 3. The number of hydrogen-bond acceptors (Lipinski definition) is 2. The number of rotatable bonds is 1. The lowest BCUT2D eigenvalue weighted by molar-refractivity contribution is 0.0336. The fourth-order valence-electron chi connectivity index (χ4n) is 4.53. The first kappa shape index (κ1) is 12.2. The lowest BCUT2D eigenvalue weighted by Crippen LogP contribution is -2.62. The van der Waals surface area contributed by atoms with Crippen LogP contribution in [0.1, 0.15) is 31.0 Å². The van der Waals surface area contributed by atoms with E-state index in [0.29, 0.717) is 5.41 Å². The van der Waals surface area contributed by atoms with Crippen LogP contribution in [0, 0.1) is 25.2 Å². The van der Waals surface area contributed by atoms with Crippen LogP contribution in [0.15, 0.2) is 12.1 Å². The van der Waals surface area contributed by atoms with E-state index in [-0.39, 0.29) is 0 Å². The van der Waals surface area contributed by atoms with Gasteiger partial charge in [0, 0.05) is 36.6 Å². The highest BCUT2D eigenvalue weighted by molar-refractivity contribution is 5.87. The molecule has 1 aliphatic carbocycles. The van der Waals surface area contributed by atoms with E-state index < -0.39 is 0 Å². The zero-order valence-electron chi connectivity index (χ0n) is 12.9. The highest BCUT2D eigenvalue weighted by Crippen LogP contribution is 2.53. The topological polar surface area (TPSA) is 21.1 Å². The molecule has 0 atom stereocenters. The van der Waals surface area contributed by atoms with Crippen LogP contribution in [0.4, 0.5) is 5.69 Å². The summed E-state index contributed by atoms with van der Waals surface area (Å²) in [4.78, 5) is 2.56. The van der Waals surface area contributed by atoms with Crippen molar-refractivity contribution in [1.82, 2.24) is 9.78 Å². The number of nitrogens with zero attached hydrogens (tertiary/aromatic N) is 3. The minimum atomic E-state index is 0.656. The van der Waals surface area contributed by atoms with Gasteiger partial charge in [-0.05, 0) is 50.3 Å². The Bertz CT molecular complexity index is 684. The SMILES string of the molecule is Cc1cc2c(C)nn(C)c2cc1N1CC2(CC(C)C2)C1. The van der Waals surface area contributed by atoms with Crippen LogP contribution in [0.2, 0.25) is 0 Å². The van der Waals surface area contributed by atoms with Crippen molar-refractivity contribution in [3.05, 3.63) is 23.4 Å². The molecule has 0 amide bonds. The quantitative estimate of drug-likeness (QED) is 0.791. The first-order valence-electron chi connectivity index (χ1n) is 7.66. The van der Waals surface area contributed by atoms with Gasteiger partial charge in [-0.2, -0.15) is 5.10 Å². The van der Waals surface area contributed by atoms with Crippen LogP contribution in [0.5, 0.6) is 0 Å². The van der Waals surface area contributed by atoms with Crippen molar-refractivity contribution in [3.8, 4) is 0 Å². The van der Waals surface area contributed by atoms with Gasteiger partial charge in [-0.15, -0.1) is 0 Å². The molecule has 2 fully saturated rings. The van der Waals surface area contributed by atoms with Crippen molar-refractivity contribution < 1.29 is 0 Å². The fraction of sp³-hybridized carbons (Fsp3) is 0.588. The van der Waals surface area contributed by atoms with E-state index in [9.17, 15) is 0 Å². The first-order valence-corrected chi connectivity index (χ1v) is 7.66. The van der Waals surface area contributed by atoms with Gasteiger partial charge in [0.1, 0.15) is 0 Å². The third kappa shape index (κ3) is 1.55. The van der Waals surface area contributed by atoms with Crippen LogP contribution in [0.25, 0.3) is 10.9 Å². The Morgan fingerprint density at radius 1 is 1.20 bits per heavy atom. The summed E-state index contributed by atoms with van der Waals surface area (Å²) < 4.78 is 2.01. The summed E-state index contributed by atoms with van der Waals surface area (Å²) in [5, 5.41) is 5.83. The largest absolute Gasteiger partial charge is 0.370 e. The molecular weight excluding hydrogens is 246 g/mol. The molecule has 0 unspecified atom stereocenters. The van der Waals surface area contributed by atoms with Gasteiger partial charge >= 0.3 is 0 Å². The Labute approximate surface area is 120 Å². The average Bonchev–Trinajstić information content (AvgIpc) is 2.57. The molecule has 2 aromatic rings. The van der Waals surface area contributed by atoms with E-state index in [1.54, 1.807) is 0 Å². The summed E-state index contributed by atoms with van der Waals surface area (Å²) in [7, 11) is 2.04. The Hall–Kier alpha value is -1.51. The van der Waals surface area contributed by atoms with Crippen molar-refractivity contribution in [3.63, 3.8) is 0 Å². The van der Waals surface area contributed by atoms with Crippen LogP contribution in [-0.2, 0) is 7.05 Å². The second kappa shape index (κ2) is 3.78. The number of hydrogen-bond donors (Lipinski definition) is 0. The second-order valence-electron chi connectivity index (χ2n) is 7.23. The monoisotopic (exact) mass is 269 g/mol. The summed E-state index contributed by atoms with van der Waals surface area (Å²) in [5.41, 5.74) is 5.83. The summed E-state index contributed by atoms with van der Waals surface area (Å²) in [6.45, 7) is 9.20. The van der Waals surface area contributed by atoms with E-state index in [0.717, 1.165) is 11.6 Å². The number of fused-ring (bicyclic) bond motifs is 1. The van der Waals surface area contributed by atoms with E-state index in [1.165, 1.54) is 48.1 Å². The van der Waals surface area contributed by atoms with E-state index >= 15 is 0 Å². The summed E-state index contributed by atoms with van der Waals surface area (Å²) >= 11 is 0. The zero-order valence-corrected chi connectivity index (χ0v) is 12.9. The highest BCUT2D eigenvalue weighted by atomic mass is 15.3. The molecular formula is C17H23N3. The molecule has 1 saturated heterocycles. The lowest BCUT2D eigenvalue weighted by Gasteiger charge is -2.59. The molecule has 2 heterocycles. The average molecular weight is 269 g/mol. The van der Waals surface area contributed by atoms with Gasteiger partial charge in [-0.3, -0.25) is 4.68 Å². The van der Waals surface area contributed by atoms with E-state index in [2.05, 4.69) is 42.9 Å². The molecule has 1 saturated carbocycles. The minimum Gasteiger partial charge on any atom is -0.370 e. The van der Waals surface area contributed by atoms with Gasteiger partial charge < -0.3 is 4.90 Å². The molecule has 1 aliphatic heterocycles. The Kier molecular flexibility index (Phi) is 2.31. The Balaban J connectivity index is 1.67. The van der Waals surface area contributed by atoms with Crippen molar-refractivity contribution >= 4 is 16.6 Å². The molecule has 0 radical (unpaired) electrons. The summed E-state index contributed by atoms with van der Waals surface area (Å²) in [5.74, 6) is 0.945. The smallest absolute Gasteiger partial charge is 0.0702 e. The first-order chi connectivity index (χ1) is 9.47. The third-order valence-electron chi connectivity index (χ3n) is 5.31. The predicted octanol–water partition coefficient (Wildman–Crippen LogP) is 3.43. The lowest BCUT2D eigenvalue weighted by atomic mass is 9.58. The van der Waals surface area contributed by atoms with E-state index in [4.69, 9.17) is 0 Å². The van der Waals surface area contributed by atoms with Gasteiger partial charge in [0.2, 0.25) is 0 Å². The highest BCUT2D eigenvalue weighted by Gasteiger charge is 2.50. The summed E-state index contributed by atoms with van der Waals surface area (Å²) in [6.07, 6.45) is 2.85. The molecule has 0 bridgehead atoms. The van der Waals surface area contributed by atoms with Gasteiger partial charge in [0.05, 0.1) is 11.2 Å². The molecule has 1 aromatic heterocycles. The maximum Gasteiger partial charge on any atom is 0.0702 e. The van der Waals surface area contributed by atoms with Crippen LogP contribution in [0.3, 0.4) is 0 Å². The van der Waals surface area contributed by atoms with Crippen molar-refractivity contribution in [2.75, 3.05) is 18.0 Å². The third-order valence-corrected chi connectivity index (χ3v) is 5.31. The van der Waals surface area contributed by atoms with Gasteiger partial charge in [-0.1, -0.05) is 6.92 Å². The molecule has 3 heteroatoms. The molecule has 1 spiro atoms. The normalized spacial score (nSPS) is 21.3. The zero-order chi connectivity index (χ0) is 14.1. The fourth-order valence-corrected chi connectivity index (χ4v) is 4.53. The number of aromatic nitrogens is 2. The molecule has 106 valence electrons. The van der Waals surface area contributed by atoms with Gasteiger partial charge in [0.25, 0.3) is 0 Å². The molecule has 4 rings (SSSR count). The van der Waals surface area contributed by atoms with E-state index in [1.807, 2.05) is 11.7 Å². The number of benzene rings is 1. The van der Waals surface area contributed by atoms with Crippen molar-refractivity contribution in [2.45, 2.75) is 33.6 Å². The van der Waals surface area contributed by atoms with Crippen LogP contribution in [-0.4, -0.2) is 22.9 Å². The maximum atomic E-state index is 4.54. The summed E-state index contributed by atoms with van der Waals surface area (Å²) in [6, 6.07) is 4.64. The Morgan fingerprint density at radius 3 is 2.55 bits per heavy atom. The predicted molar refractivity (Wildman–Crippen MR) is 83.2 cm³/mol. The molecule has 1 aromatic carbocycles. The van der Waals surface area contributed by atoms with Gasteiger partial charge in [-0.25, -0.2) is 0 Å².